The maximum Gasteiger partial charge on any atom is 0.410 e. The minimum atomic E-state index is -0.127. The van der Waals surface area contributed by atoms with E-state index in [0.717, 1.165) is 32.1 Å². The summed E-state index contributed by atoms with van der Waals surface area (Å²) in [4.78, 5) is 14.0. The maximum atomic E-state index is 12.0. The van der Waals surface area contributed by atoms with Gasteiger partial charge in [0.25, 0.3) is 0 Å². The number of piperidine rings is 1. The fourth-order valence-corrected chi connectivity index (χ4v) is 3.78. The van der Waals surface area contributed by atoms with Crippen LogP contribution < -0.4 is 0 Å². The molecule has 126 valence electrons. The molecule has 2 aliphatic heterocycles. The quantitative estimate of drug-likeness (QED) is 0.759. The van der Waals surface area contributed by atoms with Crippen molar-refractivity contribution in [3.05, 3.63) is 35.9 Å². The van der Waals surface area contributed by atoms with Crippen LogP contribution in [0.1, 0.15) is 51.0 Å². The summed E-state index contributed by atoms with van der Waals surface area (Å²) >= 11 is 0. The van der Waals surface area contributed by atoms with Gasteiger partial charge in [-0.2, -0.15) is 0 Å². The predicted octanol–water partition coefficient (Wildman–Crippen LogP) is 4.14. The fourth-order valence-electron chi connectivity index (χ4n) is 3.78. The first-order valence-electron chi connectivity index (χ1n) is 8.88. The van der Waals surface area contributed by atoms with Gasteiger partial charge in [-0.15, -0.1) is 0 Å². The summed E-state index contributed by atoms with van der Waals surface area (Å²) in [6.07, 6.45) is 6.46. The van der Waals surface area contributed by atoms with Crippen LogP contribution in [0.15, 0.2) is 30.3 Å². The lowest BCUT2D eigenvalue weighted by Gasteiger charge is -2.37. The van der Waals surface area contributed by atoms with Crippen LogP contribution in [-0.4, -0.2) is 35.8 Å². The second-order valence-corrected chi connectivity index (χ2v) is 6.67. The standard InChI is InChI=1S/C19H27NO3/c1-2-7-18(22-13-15-8-4-3-5-9-15)12-16-10-6-11-17-14-23-19(21)20(16)17/h3-5,8-9,16-18H,2,6-7,10-14H2,1H3/t16-,17-,18+/m0/s1. The number of fused-ring (bicyclic) bond motifs is 1. The SMILES string of the molecule is CCC[C@H](C[C@@H]1CCC[C@H]2COC(=O)N21)OCc1ccccc1. The van der Waals surface area contributed by atoms with E-state index in [1.165, 1.54) is 12.0 Å². The maximum absolute atomic E-state index is 12.0. The van der Waals surface area contributed by atoms with Gasteiger partial charge in [-0.25, -0.2) is 4.79 Å². The van der Waals surface area contributed by atoms with Gasteiger partial charge in [0.05, 0.1) is 18.8 Å². The van der Waals surface area contributed by atoms with E-state index in [0.29, 0.717) is 13.2 Å². The highest BCUT2D eigenvalue weighted by atomic mass is 16.6. The Bertz CT molecular complexity index is 505. The van der Waals surface area contributed by atoms with Gasteiger partial charge in [-0.05, 0) is 37.7 Å². The van der Waals surface area contributed by atoms with Crippen molar-refractivity contribution in [1.29, 1.82) is 0 Å². The zero-order valence-electron chi connectivity index (χ0n) is 13.9. The molecule has 1 aromatic rings. The van der Waals surface area contributed by atoms with Crippen LogP contribution >= 0.6 is 0 Å². The average Bonchev–Trinajstić information content (AvgIpc) is 2.96. The average molecular weight is 317 g/mol. The Morgan fingerprint density at radius 1 is 1.30 bits per heavy atom. The lowest BCUT2D eigenvalue weighted by molar-refractivity contribution is 0.00509. The first kappa shape index (κ1) is 16.3. The van der Waals surface area contributed by atoms with Crippen molar-refractivity contribution >= 4 is 6.09 Å². The molecule has 0 saturated carbocycles. The van der Waals surface area contributed by atoms with Crippen molar-refractivity contribution in [2.45, 2.75) is 70.2 Å². The number of rotatable bonds is 7. The third-order valence-corrected chi connectivity index (χ3v) is 4.95. The van der Waals surface area contributed by atoms with Crippen molar-refractivity contribution in [3.8, 4) is 0 Å². The summed E-state index contributed by atoms with van der Waals surface area (Å²) in [6, 6.07) is 10.9. The smallest absolute Gasteiger partial charge is 0.410 e. The number of carbonyl (C=O) groups is 1. The van der Waals surface area contributed by atoms with Crippen molar-refractivity contribution in [1.82, 2.24) is 4.90 Å². The highest BCUT2D eigenvalue weighted by Crippen LogP contribution is 2.31. The highest BCUT2D eigenvalue weighted by molar-refractivity contribution is 5.70. The van der Waals surface area contributed by atoms with E-state index in [-0.39, 0.29) is 24.3 Å². The Labute approximate surface area is 138 Å². The molecule has 0 aliphatic carbocycles. The van der Waals surface area contributed by atoms with Crippen molar-refractivity contribution in [2.75, 3.05) is 6.61 Å². The lowest BCUT2D eigenvalue weighted by atomic mass is 9.92. The molecule has 3 atom stereocenters. The molecule has 0 unspecified atom stereocenters. The summed E-state index contributed by atoms with van der Waals surface area (Å²) in [5.74, 6) is 0. The van der Waals surface area contributed by atoms with Crippen LogP contribution in [0.25, 0.3) is 0 Å². The van der Waals surface area contributed by atoms with Gasteiger partial charge in [0, 0.05) is 6.04 Å². The molecule has 23 heavy (non-hydrogen) atoms. The summed E-state index contributed by atoms with van der Waals surface area (Å²) in [5.41, 5.74) is 1.20. The Hall–Kier alpha value is -1.55. The third kappa shape index (κ3) is 4.05. The zero-order chi connectivity index (χ0) is 16.1. The van der Waals surface area contributed by atoms with Crippen molar-refractivity contribution in [3.63, 3.8) is 0 Å². The second kappa shape index (κ2) is 7.82. The molecule has 2 aliphatic rings. The van der Waals surface area contributed by atoms with Crippen LogP contribution in [0.2, 0.25) is 0 Å². The second-order valence-electron chi connectivity index (χ2n) is 6.67. The summed E-state index contributed by atoms with van der Waals surface area (Å²) in [7, 11) is 0. The van der Waals surface area contributed by atoms with Gasteiger partial charge >= 0.3 is 6.09 Å². The van der Waals surface area contributed by atoms with E-state index in [2.05, 4.69) is 19.1 Å². The van der Waals surface area contributed by atoms with Crippen molar-refractivity contribution < 1.29 is 14.3 Å². The Balaban J connectivity index is 1.58. The van der Waals surface area contributed by atoms with E-state index in [4.69, 9.17) is 9.47 Å². The molecule has 0 aromatic heterocycles. The molecule has 1 aromatic carbocycles. The number of nitrogens with zero attached hydrogens (tertiary/aromatic N) is 1. The Morgan fingerprint density at radius 2 is 2.13 bits per heavy atom. The summed E-state index contributed by atoms with van der Waals surface area (Å²) in [6.45, 7) is 3.40. The molecule has 0 radical (unpaired) electrons. The van der Waals surface area contributed by atoms with Gasteiger partial charge < -0.3 is 9.47 Å². The summed E-state index contributed by atoms with van der Waals surface area (Å²) < 4.78 is 11.4. The topological polar surface area (TPSA) is 38.8 Å². The molecule has 4 nitrogen and oxygen atoms in total. The molecule has 2 heterocycles. The molecule has 0 N–H and O–H groups in total. The minimum Gasteiger partial charge on any atom is -0.447 e. The monoisotopic (exact) mass is 317 g/mol. The lowest BCUT2D eigenvalue weighted by Crippen LogP contribution is -2.47. The first-order valence-corrected chi connectivity index (χ1v) is 8.88. The number of cyclic esters (lactones) is 1. The summed E-state index contributed by atoms with van der Waals surface area (Å²) in [5, 5.41) is 0. The Kier molecular flexibility index (Phi) is 5.55. The van der Waals surface area contributed by atoms with Crippen LogP contribution in [-0.2, 0) is 16.1 Å². The number of amides is 1. The fraction of sp³-hybridized carbons (Fsp3) is 0.632. The number of carbonyl (C=O) groups excluding carboxylic acids is 1. The van der Waals surface area contributed by atoms with Crippen LogP contribution in [0, 0.1) is 0 Å². The van der Waals surface area contributed by atoms with Gasteiger partial charge in [0.2, 0.25) is 0 Å². The number of ether oxygens (including phenoxy) is 2. The van der Waals surface area contributed by atoms with E-state index in [1.54, 1.807) is 0 Å². The normalized spacial score (nSPS) is 25.1. The van der Waals surface area contributed by atoms with Crippen molar-refractivity contribution in [2.24, 2.45) is 0 Å². The van der Waals surface area contributed by atoms with E-state index in [1.807, 2.05) is 23.1 Å². The van der Waals surface area contributed by atoms with Gasteiger partial charge in [0.1, 0.15) is 6.61 Å². The van der Waals surface area contributed by atoms with Gasteiger partial charge in [-0.3, -0.25) is 4.90 Å². The molecule has 2 saturated heterocycles. The molecule has 2 fully saturated rings. The molecular weight excluding hydrogens is 290 g/mol. The van der Waals surface area contributed by atoms with E-state index < -0.39 is 0 Å². The van der Waals surface area contributed by atoms with Gasteiger partial charge in [0.15, 0.2) is 0 Å². The molecule has 1 amide bonds. The molecule has 0 spiro atoms. The molecular formula is C19H27NO3. The number of hydrogen-bond donors (Lipinski definition) is 0. The van der Waals surface area contributed by atoms with E-state index >= 15 is 0 Å². The van der Waals surface area contributed by atoms with Crippen LogP contribution in [0.5, 0.6) is 0 Å². The predicted molar refractivity (Wildman–Crippen MR) is 89.2 cm³/mol. The number of hydrogen-bond acceptors (Lipinski definition) is 3. The van der Waals surface area contributed by atoms with Gasteiger partial charge in [-0.1, -0.05) is 43.7 Å². The Morgan fingerprint density at radius 3 is 2.91 bits per heavy atom. The highest BCUT2D eigenvalue weighted by Gasteiger charge is 2.41. The third-order valence-electron chi connectivity index (χ3n) is 4.95. The molecule has 4 heteroatoms. The molecule has 0 bridgehead atoms. The first-order chi connectivity index (χ1) is 11.3. The minimum absolute atomic E-state index is 0.127. The van der Waals surface area contributed by atoms with E-state index in [9.17, 15) is 4.79 Å². The molecule has 3 rings (SSSR count). The number of benzene rings is 1. The zero-order valence-corrected chi connectivity index (χ0v) is 13.9. The van der Waals surface area contributed by atoms with Crippen LogP contribution in [0.3, 0.4) is 0 Å². The largest absolute Gasteiger partial charge is 0.447 e. The van der Waals surface area contributed by atoms with Crippen LogP contribution in [0.4, 0.5) is 4.79 Å².